The third-order valence-corrected chi connectivity index (χ3v) is 2.49. The van der Waals surface area contributed by atoms with Gasteiger partial charge < -0.3 is 9.52 Å². The number of rotatable bonds is 2. The van der Waals surface area contributed by atoms with Crippen molar-refractivity contribution in [1.82, 2.24) is 9.97 Å². The van der Waals surface area contributed by atoms with Crippen molar-refractivity contribution in [2.75, 3.05) is 0 Å². The molecule has 2 rings (SSSR count). The van der Waals surface area contributed by atoms with Gasteiger partial charge in [-0.05, 0) is 6.92 Å². The van der Waals surface area contributed by atoms with Crippen molar-refractivity contribution in [3.63, 3.8) is 0 Å². The van der Waals surface area contributed by atoms with Crippen molar-refractivity contribution in [3.05, 3.63) is 23.0 Å². The summed E-state index contributed by atoms with van der Waals surface area (Å²) in [5.74, 6) is -0.628. The molecule has 2 aromatic heterocycles. The normalized spacial score (nSPS) is 10.4. The molecule has 0 aromatic carbocycles. The van der Waals surface area contributed by atoms with Crippen LogP contribution >= 0.6 is 11.3 Å². The Bertz CT molecular complexity index is 474. The second-order valence-electron chi connectivity index (χ2n) is 2.63. The van der Waals surface area contributed by atoms with E-state index in [-0.39, 0.29) is 4.88 Å². The van der Waals surface area contributed by atoms with Crippen LogP contribution in [0.3, 0.4) is 0 Å². The Morgan fingerprint density at radius 3 is 2.93 bits per heavy atom. The zero-order valence-corrected chi connectivity index (χ0v) is 8.04. The monoisotopic (exact) mass is 210 g/mol. The van der Waals surface area contributed by atoms with E-state index in [9.17, 15) is 4.79 Å². The average molecular weight is 210 g/mol. The molecule has 0 aliphatic rings. The molecule has 5 nitrogen and oxygen atoms in total. The van der Waals surface area contributed by atoms with Crippen molar-refractivity contribution in [1.29, 1.82) is 0 Å². The Hall–Kier alpha value is -1.69. The van der Waals surface area contributed by atoms with E-state index in [0.717, 1.165) is 17.0 Å². The molecule has 1 N–H and O–H groups in total. The Labute approximate surface area is 83.0 Å². The van der Waals surface area contributed by atoms with Crippen LogP contribution in [0.15, 0.2) is 16.9 Å². The number of aromatic carboxylic acids is 1. The maximum Gasteiger partial charge on any atom is 0.347 e. The summed E-state index contributed by atoms with van der Waals surface area (Å²) in [6.45, 7) is 1.79. The highest BCUT2D eigenvalue weighted by Crippen LogP contribution is 2.24. The van der Waals surface area contributed by atoms with Crippen LogP contribution in [-0.4, -0.2) is 21.0 Å². The molecule has 0 spiro atoms. The van der Waals surface area contributed by atoms with E-state index in [0.29, 0.717) is 10.9 Å². The molecule has 2 heterocycles. The number of hydrogen-bond donors (Lipinski definition) is 1. The van der Waals surface area contributed by atoms with E-state index in [1.807, 2.05) is 0 Å². The number of aromatic nitrogens is 2. The van der Waals surface area contributed by atoms with E-state index in [1.54, 1.807) is 6.92 Å². The van der Waals surface area contributed by atoms with E-state index in [2.05, 4.69) is 9.97 Å². The topological polar surface area (TPSA) is 76.2 Å². The minimum absolute atomic E-state index is 0.177. The van der Waals surface area contributed by atoms with Crippen molar-refractivity contribution >= 4 is 17.3 Å². The molecule has 0 saturated carbocycles. The van der Waals surface area contributed by atoms with Gasteiger partial charge in [-0.3, -0.25) is 0 Å². The molecule has 0 amide bonds. The molecule has 14 heavy (non-hydrogen) atoms. The number of carboxylic acids is 1. The first kappa shape index (κ1) is 8.89. The molecule has 0 aliphatic carbocycles. The Balaban J connectivity index is 2.38. The first-order valence-corrected chi connectivity index (χ1v) is 4.60. The van der Waals surface area contributed by atoms with Gasteiger partial charge in [0.05, 0.1) is 11.9 Å². The van der Waals surface area contributed by atoms with E-state index in [1.165, 1.54) is 12.5 Å². The maximum atomic E-state index is 10.6. The lowest BCUT2D eigenvalue weighted by Gasteiger charge is -1.83. The molecule has 0 fully saturated rings. The van der Waals surface area contributed by atoms with Crippen molar-refractivity contribution < 1.29 is 14.3 Å². The molecule has 0 radical (unpaired) electrons. The van der Waals surface area contributed by atoms with Gasteiger partial charge in [-0.15, -0.1) is 11.3 Å². The van der Waals surface area contributed by atoms with Crippen molar-refractivity contribution in [2.24, 2.45) is 0 Å². The molecule has 0 saturated heterocycles. The van der Waals surface area contributed by atoms with Crippen molar-refractivity contribution in [2.45, 2.75) is 6.92 Å². The van der Waals surface area contributed by atoms with Gasteiger partial charge in [-0.2, -0.15) is 0 Å². The fraction of sp³-hybridized carbons (Fsp3) is 0.125. The Morgan fingerprint density at radius 1 is 1.64 bits per heavy atom. The summed E-state index contributed by atoms with van der Waals surface area (Å²) in [6.07, 6.45) is 2.79. The Morgan fingerprint density at radius 2 is 2.43 bits per heavy atom. The van der Waals surface area contributed by atoms with Crippen LogP contribution in [0.2, 0.25) is 0 Å². The van der Waals surface area contributed by atoms with Gasteiger partial charge in [0.1, 0.15) is 11.1 Å². The zero-order valence-electron chi connectivity index (χ0n) is 7.22. The first-order valence-electron chi connectivity index (χ1n) is 3.78. The van der Waals surface area contributed by atoms with Crippen LogP contribution in [0, 0.1) is 6.92 Å². The molecular formula is C8H6N2O3S. The summed E-state index contributed by atoms with van der Waals surface area (Å²) in [7, 11) is 0. The standard InChI is InChI=1S/C8H6N2O3S/c1-4-3-13-6(10-4)7-9-2-5(14-7)8(11)12/h2-3H,1H3,(H,11,12). The number of thiazole rings is 1. The minimum Gasteiger partial charge on any atom is -0.477 e. The predicted molar refractivity (Wildman–Crippen MR) is 49.3 cm³/mol. The first-order chi connectivity index (χ1) is 6.66. The fourth-order valence-corrected chi connectivity index (χ4v) is 1.61. The number of hydrogen-bond acceptors (Lipinski definition) is 5. The molecular weight excluding hydrogens is 204 g/mol. The summed E-state index contributed by atoms with van der Waals surface area (Å²) < 4.78 is 5.09. The number of aryl methyl sites for hydroxylation is 1. The quantitative estimate of drug-likeness (QED) is 0.817. The summed E-state index contributed by atoms with van der Waals surface area (Å²) in [4.78, 5) is 18.7. The second kappa shape index (κ2) is 3.22. The lowest BCUT2D eigenvalue weighted by atomic mass is 10.6. The fourth-order valence-electron chi connectivity index (χ4n) is 0.924. The van der Waals surface area contributed by atoms with Gasteiger partial charge in [-0.1, -0.05) is 0 Å². The highest BCUT2D eigenvalue weighted by atomic mass is 32.1. The van der Waals surface area contributed by atoms with Gasteiger partial charge in [0.15, 0.2) is 5.01 Å². The van der Waals surface area contributed by atoms with Gasteiger partial charge in [0, 0.05) is 0 Å². The zero-order chi connectivity index (χ0) is 10.1. The number of carboxylic acid groups (broad SMARTS) is 1. The Kier molecular flexibility index (Phi) is 2.05. The SMILES string of the molecule is Cc1coc(-c2ncc(C(=O)O)s2)n1. The maximum absolute atomic E-state index is 10.6. The van der Waals surface area contributed by atoms with Crippen LogP contribution in [0.5, 0.6) is 0 Å². The summed E-state index contributed by atoms with van der Waals surface area (Å²) in [5, 5.41) is 9.15. The van der Waals surface area contributed by atoms with E-state index in [4.69, 9.17) is 9.52 Å². The molecule has 0 atom stereocenters. The molecule has 0 unspecified atom stereocenters. The lowest BCUT2D eigenvalue weighted by Crippen LogP contribution is -1.89. The van der Waals surface area contributed by atoms with E-state index >= 15 is 0 Å². The van der Waals surface area contributed by atoms with E-state index < -0.39 is 5.97 Å². The minimum atomic E-state index is -0.989. The van der Waals surface area contributed by atoms with Crippen LogP contribution in [-0.2, 0) is 0 Å². The number of carbonyl (C=O) groups is 1. The van der Waals surface area contributed by atoms with Crippen LogP contribution < -0.4 is 0 Å². The second-order valence-corrected chi connectivity index (χ2v) is 3.66. The summed E-state index contributed by atoms with van der Waals surface area (Å²) in [6, 6.07) is 0. The molecule has 6 heteroatoms. The third kappa shape index (κ3) is 1.51. The van der Waals surface area contributed by atoms with Crippen LogP contribution in [0.4, 0.5) is 0 Å². The number of oxazole rings is 1. The largest absolute Gasteiger partial charge is 0.477 e. The van der Waals surface area contributed by atoms with Crippen LogP contribution in [0.1, 0.15) is 15.4 Å². The van der Waals surface area contributed by atoms with Gasteiger partial charge in [0.2, 0.25) is 0 Å². The van der Waals surface area contributed by atoms with Gasteiger partial charge >= 0.3 is 5.97 Å². The molecule has 0 bridgehead atoms. The van der Waals surface area contributed by atoms with Crippen LogP contribution in [0.25, 0.3) is 10.9 Å². The highest BCUT2D eigenvalue weighted by Gasteiger charge is 2.13. The molecule has 2 aromatic rings. The van der Waals surface area contributed by atoms with Gasteiger partial charge in [-0.25, -0.2) is 14.8 Å². The summed E-state index contributed by atoms with van der Waals surface area (Å²) in [5.41, 5.74) is 0.743. The van der Waals surface area contributed by atoms with Crippen molar-refractivity contribution in [3.8, 4) is 10.9 Å². The third-order valence-electron chi connectivity index (χ3n) is 1.52. The lowest BCUT2D eigenvalue weighted by molar-refractivity contribution is 0.0702. The number of nitrogens with zero attached hydrogens (tertiary/aromatic N) is 2. The average Bonchev–Trinajstić information content (AvgIpc) is 2.70. The predicted octanol–water partition coefficient (Wildman–Crippen LogP) is 1.80. The summed E-state index contributed by atoms with van der Waals surface area (Å²) >= 11 is 1.04. The molecule has 0 aliphatic heterocycles. The highest BCUT2D eigenvalue weighted by molar-refractivity contribution is 7.16. The molecule has 72 valence electrons. The van der Waals surface area contributed by atoms with Gasteiger partial charge in [0.25, 0.3) is 5.89 Å². The smallest absolute Gasteiger partial charge is 0.347 e.